The van der Waals surface area contributed by atoms with Crippen LogP contribution in [0.5, 0.6) is 0 Å². The quantitative estimate of drug-likeness (QED) is 0.798. The molecule has 3 rings (SSSR count). The Bertz CT molecular complexity index is 493. The Kier molecular flexibility index (Phi) is 4.36. The Labute approximate surface area is 133 Å². The summed E-state index contributed by atoms with van der Waals surface area (Å²) in [6.45, 7) is 11.0. The van der Waals surface area contributed by atoms with E-state index in [1.54, 1.807) is 0 Å². The first-order valence-electron chi connectivity index (χ1n) is 8.33. The van der Waals surface area contributed by atoms with Crippen molar-refractivity contribution < 1.29 is 14.0 Å². The van der Waals surface area contributed by atoms with Crippen LogP contribution in [-0.4, -0.2) is 41.3 Å². The third-order valence-electron chi connectivity index (χ3n) is 5.29. The lowest BCUT2D eigenvalue weighted by Crippen LogP contribution is -2.41. The molecule has 0 atom stereocenters. The van der Waals surface area contributed by atoms with Gasteiger partial charge in [-0.3, -0.25) is 4.68 Å². The van der Waals surface area contributed by atoms with Crippen LogP contribution in [0.4, 0.5) is 0 Å². The molecule has 0 bridgehead atoms. The number of hydrogen-bond acceptors (Lipinski definition) is 4. The highest BCUT2D eigenvalue weighted by Crippen LogP contribution is 2.36. The first-order chi connectivity index (χ1) is 10.4. The van der Waals surface area contributed by atoms with Crippen molar-refractivity contribution >= 4 is 12.6 Å². The van der Waals surface area contributed by atoms with E-state index >= 15 is 0 Å². The molecule has 0 unspecified atom stereocenters. The van der Waals surface area contributed by atoms with Crippen LogP contribution in [0.3, 0.4) is 0 Å². The molecule has 0 radical (unpaired) electrons. The van der Waals surface area contributed by atoms with Gasteiger partial charge in [-0.1, -0.05) is 0 Å². The Morgan fingerprint density at radius 1 is 1.18 bits per heavy atom. The lowest BCUT2D eigenvalue weighted by atomic mass is 9.82. The fourth-order valence-electron chi connectivity index (χ4n) is 2.95. The van der Waals surface area contributed by atoms with E-state index in [0.29, 0.717) is 0 Å². The van der Waals surface area contributed by atoms with Gasteiger partial charge in [0.25, 0.3) is 0 Å². The third kappa shape index (κ3) is 3.24. The molecule has 1 aromatic heterocycles. The molecule has 2 aliphatic heterocycles. The van der Waals surface area contributed by atoms with Gasteiger partial charge in [0, 0.05) is 37.6 Å². The van der Waals surface area contributed by atoms with Crippen LogP contribution in [0.2, 0.25) is 0 Å². The zero-order chi connectivity index (χ0) is 15.8. The van der Waals surface area contributed by atoms with E-state index in [4.69, 9.17) is 14.0 Å². The molecule has 0 aliphatic carbocycles. The molecule has 122 valence electrons. The summed E-state index contributed by atoms with van der Waals surface area (Å²) in [5.41, 5.74) is 0.398. The molecule has 1 aromatic rings. The number of nitrogens with zero attached hydrogens (tertiary/aromatic N) is 2. The summed E-state index contributed by atoms with van der Waals surface area (Å²) in [6.07, 6.45) is 7.43. The zero-order valence-corrected chi connectivity index (χ0v) is 14.2. The summed E-state index contributed by atoms with van der Waals surface area (Å²) in [5, 5.41) is 4.47. The minimum Gasteiger partial charge on any atom is -0.399 e. The lowest BCUT2D eigenvalue weighted by molar-refractivity contribution is 0.00578. The molecular weight excluding hydrogens is 279 g/mol. The minimum atomic E-state index is -0.318. The Morgan fingerprint density at radius 2 is 1.82 bits per heavy atom. The Balaban J connectivity index is 1.57. The molecule has 5 nitrogen and oxygen atoms in total. The van der Waals surface area contributed by atoms with Gasteiger partial charge in [-0.2, -0.15) is 5.10 Å². The van der Waals surface area contributed by atoms with Crippen molar-refractivity contribution in [2.24, 2.45) is 5.92 Å². The minimum absolute atomic E-state index is 0.304. The highest BCUT2D eigenvalue weighted by molar-refractivity contribution is 6.61. The number of hydrogen-bond donors (Lipinski definition) is 0. The van der Waals surface area contributed by atoms with Gasteiger partial charge in [-0.15, -0.1) is 0 Å². The van der Waals surface area contributed by atoms with Gasteiger partial charge in [0.1, 0.15) is 0 Å². The Hall–Kier alpha value is -0.845. The number of aryl methyl sites for hydroxylation is 1. The van der Waals surface area contributed by atoms with Crippen molar-refractivity contribution in [2.45, 2.75) is 64.7 Å². The Morgan fingerprint density at radius 3 is 2.45 bits per heavy atom. The average Bonchev–Trinajstić information content (AvgIpc) is 3.01. The maximum atomic E-state index is 6.07. The molecule has 2 fully saturated rings. The van der Waals surface area contributed by atoms with Crippen molar-refractivity contribution in [1.29, 1.82) is 0 Å². The predicted octanol–water partition coefficient (Wildman–Crippen LogP) is 2.00. The molecule has 2 saturated heterocycles. The van der Waals surface area contributed by atoms with Gasteiger partial charge in [0.15, 0.2) is 0 Å². The van der Waals surface area contributed by atoms with Gasteiger partial charge < -0.3 is 14.0 Å². The van der Waals surface area contributed by atoms with E-state index < -0.39 is 0 Å². The fraction of sp³-hybridized carbons (Fsp3) is 0.812. The SMILES string of the molecule is CC1(C)OB(c2cnn(CCC3CCOCC3)c2)OC1(C)C. The molecule has 0 N–H and O–H groups in total. The maximum absolute atomic E-state index is 6.07. The van der Waals surface area contributed by atoms with Crippen molar-refractivity contribution in [3.05, 3.63) is 12.4 Å². The van der Waals surface area contributed by atoms with E-state index in [9.17, 15) is 0 Å². The van der Waals surface area contributed by atoms with E-state index in [1.165, 1.54) is 12.8 Å². The van der Waals surface area contributed by atoms with E-state index in [1.807, 2.05) is 10.9 Å². The predicted molar refractivity (Wildman–Crippen MR) is 86.1 cm³/mol. The second-order valence-corrected chi connectivity index (χ2v) is 7.47. The summed E-state index contributed by atoms with van der Waals surface area (Å²) in [7, 11) is -0.318. The molecule has 0 spiro atoms. The first kappa shape index (κ1) is 16.0. The fourth-order valence-corrected chi connectivity index (χ4v) is 2.95. The molecule has 22 heavy (non-hydrogen) atoms. The summed E-state index contributed by atoms with van der Waals surface area (Å²) in [4.78, 5) is 0. The van der Waals surface area contributed by atoms with Gasteiger partial charge in [0.05, 0.1) is 11.2 Å². The third-order valence-corrected chi connectivity index (χ3v) is 5.29. The van der Waals surface area contributed by atoms with E-state index in [-0.39, 0.29) is 18.3 Å². The second kappa shape index (κ2) is 5.98. The summed E-state index contributed by atoms with van der Waals surface area (Å²) >= 11 is 0. The van der Waals surface area contributed by atoms with Crippen molar-refractivity contribution in [3.63, 3.8) is 0 Å². The summed E-state index contributed by atoms with van der Waals surface area (Å²) in [6, 6.07) is 0. The molecular formula is C16H27BN2O3. The number of rotatable bonds is 4. The summed E-state index contributed by atoms with van der Waals surface area (Å²) in [5.74, 6) is 0.762. The van der Waals surface area contributed by atoms with Crippen LogP contribution >= 0.6 is 0 Å². The second-order valence-electron chi connectivity index (χ2n) is 7.47. The van der Waals surface area contributed by atoms with E-state index in [2.05, 4.69) is 39.0 Å². The zero-order valence-electron chi connectivity index (χ0n) is 14.2. The van der Waals surface area contributed by atoms with Crippen LogP contribution in [0.25, 0.3) is 0 Å². The molecule has 6 heteroatoms. The topological polar surface area (TPSA) is 45.5 Å². The van der Waals surface area contributed by atoms with Gasteiger partial charge in [-0.25, -0.2) is 0 Å². The average molecular weight is 306 g/mol. The van der Waals surface area contributed by atoms with Crippen LogP contribution < -0.4 is 5.46 Å². The van der Waals surface area contributed by atoms with Crippen LogP contribution in [0, 0.1) is 5.92 Å². The first-order valence-corrected chi connectivity index (χ1v) is 8.33. The van der Waals surface area contributed by atoms with Gasteiger partial charge in [0.2, 0.25) is 0 Å². The molecule has 0 saturated carbocycles. The largest absolute Gasteiger partial charge is 0.498 e. The van der Waals surface area contributed by atoms with Crippen molar-refractivity contribution in [1.82, 2.24) is 9.78 Å². The van der Waals surface area contributed by atoms with Crippen LogP contribution in [0.15, 0.2) is 12.4 Å². The monoisotopic (exact) mass is 306 g/mol. The van der Waals surface area contributed by atoms with Gasteiger partial charge in [-0.05, 0) is 52.9 Å². The highest BCUT2D eigenvalue weighted by atomic mass is 16.7. The molecule has 3 heterocycles. The van der Waals surface area contributed by atoms with Crippen LogP contribution in [-0.2, 0) is 20.6 Å². The van der Waals surface area contributed by atoms with Crippen LogP contribution in [0.1, 0.15) is 47.0 Å². The molecule has 0 amide bonds. The lowest BCUT2D eigenvalue weighted by Gasteiger charge is -2.32. The smallest absolute Gasteiger partial charge is 0.399 e. The van der Waals surface area contributed by atoms with Crippen molar-refractivity contribution in [3.8, 4) is 0 Å². The molecule has 0 aromatic carbocycles. The standard InChI is InChI=1S/C16H27BN2O3/c1-15(2)16(3,4)22-17(21-15)14-11-18-19(12-14)8-5-13-6-9-20-10-7-13/h11-13H,5-10H2,1-4H3. The number of aromatic nitrogens is 2. The normalized spacial score (nSPS) is 24.8. The van der Waals surface area contributed by atoms with Gasteiger partial charge >= 0.3 is 7.12 Å². The maximum Gasteiger partial charge on any atom is 0.498 e. The molecule has 2 aliphatic rings. The summed E-state index contributed by atoms with van der Waals surface area (Å²) < 4.78 is 19.5. The van der Waals surface area contributed by atoms with E-state index in [0.717, 1.165) is 37.6 Å². The van der Waals surface area contributed by atoms with Crippen molar-refractivity contribution in [2.75, 3.05) is 13.2 Å². The highest BCUT2D eigenvalue weighted by Gasteiger charge is 2.52. The number of ether oxygens (including phenoxy) is 1.